The Morgan fingerprint density at radius 1 is 1.60 bits per heavy atom. The molecule has 0 saturated carbocycles. The molecule has 1 aromatic rings. The lowest BCUT2D eigenvalue weighted by atomic mass is 10.3. The van der Waals surface area contributed by atoms with Crippen LogP contribution in [0.25, 0.3) is 0 Å². The minimum Gasteiger partial charge on any atom is -0.337 e. The van der Waals surface area contributed by atoms with E-state index in [1.165, 1.54) is 0 Å². The molecule has 1 aromatic heterocycles. The maximum Gasteiger partial charge on any atom is 0.224 e. The first kappa shape index (κ1) is 10.9. The summed E-state index contributed by atoms with van der Waals surface area (Å²) in [6.45, 7) is 1.23. The van der Waals surface area contributed by atoms with Gasteiger partial charge >= 0.3 is 0 Å². The Morgan fingerprint density at radius 3 is 2.93 bits per heavy atom. The zero-order chi connectivity index (χ0) is 10.8. The van der Waals surface area contributed by atoms with Crippen molar-refractivity contribution in [3.8, 4) is 0 Å². The average Bonchev–Trinajstić information content (AvgIpc) is 2.49. The lowest BCUT2D eigenvalue weighted by molar-refractivity contribution is -0.128. The third-order valence-corrected chi connectivity index (χ3v) is 3.09. The molecule has 1 fully saturated rings. The summed E-state index contributed by atoms with van der Waals surface area (Å²) in [7, 11) is 0. The highest BCUT2D eigenvalue weighted by Gasteiger charge is 2.27. The fraction of sp³-hybridized carbons (Fsp3) is 0.400. The highest BCUT2D eigenvalue weighted by atomic mass is 79.9. The monoisotopic (exact) mass is 288 g/mol. The normalized spacial score (nSPS) is 21.1. The number of aromatic nitrogens is 1. The average molecular weight is 290 g/mol. The van der Waals surface area contributed by atoms with Gasteiger partial charge in [-0.2, -0.15) is 0 Å². The van der Waals surface area contributed by atoms with Gasteiger partial charge in [-0.15, -0.1) is 11.6 Å². The van der Waals surface area contributed by atoms with Crippen LogP contribution in [0.4, 0.5) is 0 Å². The standard InChI is InChI=1S/C10H10BrClN2O/c11-9-2-1-7(4-13-9)5-14-6-8(12)3-10(14)15/h1-2,4,8H,3,5-6H2. The van der Waals surface area contributed by atoms with Crippen LogP contribution in [0.5, 0.6) is 0 Å². The van der Waals surface area contributed by atoms with Crippen LogP contribution in [0.2, 0.25) is 0 Å². The van der Waals surface area contributed by atoms with E-state index >= 15 is 0 Å². The molecule has 0 bridgehead atoms. The molecule has 1 atom stereocenters. The number of halogens is 2. The van der Waals surface area contributed by atoms with Gasteiger partial charge in [-0.3, -0.25) is 4.79 Å². The van der Waals surface area contributed by atoms with Gasteiger partial charge in [0.05, 0.1) is 5.38 Å². The van der Waals surface area contributed by atoms with Gasteiger partial charge < -0.3 is 4.90 Å². The largest absolute Gasteiger partial charge is 0.337 e. The number of likely N-dealkylation sites (tertiary alicyclic amines) is 1. The van der Waals surface area contributed by atoms with Crippen molar-refractivity contribution in [1.29, 1.82) is 0 Å². The predicted octanol–water partition coefficient (Wildman–Crippen LogP) is 2.18. The van der Waals surface area contributed by atoms with Crippen molar-refractivity contribution in [3.63, 3.8) is 0 Å². The molecule has 0 spiro atoms. The second-order valence-electron chi connectivity index (χ2n) is 3.56. The number of hydrogen-bond donors (Lipinski definition) is 0. The first-order chi connectivity index (χ1) is 7.15. The second-order valence-corrected chi connectivity index (χ2v) is 4.99. The lowest BCUT2D eigenvalue weighted by Gasteiger charge is -2.15. The highest BCUT2D eigenvalue weighted by molar-refractivity contribution is 9.10. The van der Waals surface area contributed by atoms with Gasteiger partial charge in [0, 0.05) is 25.7 Å². The molecule has 15 heavy (non-hydrogen) atoms. The minimum absolute atomic E-state index is 0.0408. The van der Waals surface area contributed by atoms with E-state index in [9.17, 15) is 4.79 Å². The Balaban J connectivity index is 2.03. The highest BCUT2D eigenvalue weighted by Crippen LogP contribution is 2.19. The van der Waals surface area contributed by atoms with Gasteiger partial charge in [0.2, 0.25) is 5.91 Å². The predicted molar refractivity (Wildman–Crippen MR) is 61.6 cm³/mol. The van der Waals surface area contributed by atoms with Gasteiger partial charge in [-0.1, -0.05) is 6.07 Å². The van der Waals surface area contributed by atoms with Crippen molar-refractivity contribution in [3.05, 3.63) is 28.5 Å². The Labute approximate surface area is 102 Å². The van der Waals surface area contributed by atoms with Crippen LogP contribution in [0.1, 0.15) is 12.0 Å². The summed E-state index contributed by atoms with van der Waals surface area (Å²) in [5.74, 6) is 0.123. The molecular weight excluding hydrogens is 279 g/mol. The van der Waals surface area contributed by atoms with Crippen LogP contribution in [-0.4, -0.2) is 27.7 Å². The summed E-state index contributed by atoms with van der Waals surface area (Å²) in [5, 5.41) is -0.0408. The van der Waals surface area contributed by atoms with E-state index in [4.69, 9.17) is 11.6 Å². The minimum atomic E-state index is -0.0408. The molecule has 3 nitrogen and oxygen atoms in total. The molecule has 2 heterocycles. The topological polar surface area (TPSA) is 33.2 Å². The molecule has 1 amide bonds. The Bertz CT molecular complexity index is 368. The number of rotatable bonds is 2. The quantitative estimate of drug-likeness (QED) is 0.617. The molecule has 2 rings (SSSR count). The van der Waals surface area contributed by atoms with Crippen LogP contribution in [0.3, 0.4) is 0 Å². The summed E-state index contributed by atoms with van der Waals surface area (Å²) in [6.07, 6.45) is 2.21. The van der Waals surface area contributed by atoms with E-state index in [0.717, 1.165) is 10.2 Å². The molecule has 1 aliphatic rings. The number of amides is 1. The van der Waals surface area contributed by atoms with Gasteiger partial charge in [0.1, 0.15) is 4.60 Å². The lowest BCUT2D eigenvalue weighted by Crippen LogP contribution is -2.24. The first-order valence-electron chi connectivity index (χ1n) is 4.67. The maximum absolute atomic E-state index is 11.5. The van der Waals surface area contributed by atoms with E-state index in [1.807, 2.05) is 12.1 Å². The van der Waals surface area contributed by atoms with Crippen molar-refractivity contribution in [2.75, 3.05) is 6.54 Å². The second kappa shape index (κ2) is 4.49. The third kappa shape index (κ3) is 2.69. The maximum atomic E-state index is 11.5. The van der Waals surface area contributed by atoms with Crippen molar-refractivity contribution >= 4 is 33.4 Å². The van der Waals surface area contributed by atoms with Crippen molar-refractivity contribution in [2.24, 2.45) is 0 Å². The molecule has 1 unspecified atom stereocenters. The zero-order valence-corrected chi connectivity index (χ0v) is 10.3. The van der Waals surface area contributed by atoms with Crippen LogP contribution < -0.4 is 0 Å². The van der Waals surface area contributed by atoms with E-state index in [-0.39, 0.29) is 11.3 Å². The summed E-state index contributed by atoms with van der Waals surface area (Å²) < 4.78 is 0.800. The molecule has 0 N–H and O–H groups in total. The van der Waals surface area contributed by atoms with E-state index in [0.29, 0.717) is 19.5 Å². The van der Waals surface area contributed by atoms with E-state index in [1.54, 1.807) is 11.1 Å². The van der Waals surface area contributed by atoms with E-state index < -0.39 is 0 Å². The first-order valence-corrected chi connectivity index (χ1v) is 5.90. The molecule has 0 aliphatic carbocycles. The van der Waals surface area contributed by atoms with Gasteiger partial charge in [0.25, 0.3) is 0 Å². The molecule has 1 aliphatic heterocycles. The summed E-state index contributed by atoms with van der Waals surface area (Å²) in [6, 6.07) is 3.82. The number of pyridine rings is 1. The number of nitrogens with zero attached hydrogens (tertiary/aromatic N) is 2. The fourth-order valence-corrected chi connectivity index (χ4v) is 2.13. The van der Waals surface area contributed by atoms with Crippen molar-refractivity contribution in [2.45, 2.75) is 18.3 Å². The van der Waals surface area contributed by atoms with Crippen molar-refractivity contribution < 1.29 is 4.79 Å². The third-order valence-electron chi connectivity index (χ3n) is 2.33. The van der Waals surface area contributed by atoms with Gasteiger partial charge in [-0.25, -0.2) is 4.98 Å². The smallest absolute Gasteiger partial charge is 0.224 e. The van der Waals surface area contributed by atoms with Crippen LogP contribution in [-0.2, 0) is 11.3 Å². The van der Waals surface area contributed by atoms with E-state index in [2.05, 4.69) is 20.9 Å². The van der Waals surface area contributed by atoms with Crippen LogP contribution >= 0.6 is 27.5 Å². The summed E-state index contributed by atoms with van der Waals surface area (Å²) >= 11 is 9.17. The molecular formula is C10H10BrClN2O. The number of carbonyl (C=O) groups is 1. The van der Waals surface area contributed by atoms with Crippen LogP contribution in [0.15, 0.2) is 22.9 Å². The van der Waals surface area contributed by atoms with Gasteiger partial charge in [-0.05, 0) is 27.6 Å². The molecule has 5 heteroatoms. The number of alkyl halides is 1. The molecule has 0 radical (unpaired) electrons. The molecule has 1 saturated heterocycles. The van der Waals surface area contributed by atoms with Crippen LogP contribution in [0, 0.1) is 0 Å². The molecule has 80 valence electrons. The fourth-order valence-electron chi connectivity index (χ4n) is 1.60. The van der Waals surface area contributed by atoms with Crippen molar-refractivity contribution in [1.82, 2.24) is 9.88 Å². The number of hydrogen-bond acceptors (Lipinski definition) is 2. The number of carbonyl (C=O) groups excluding carboxylic acids is 1. The molecule has 0 aromatic carbocycles. The summed E-state index contributed by atoms with van der Waals surface area (Å²) in [4.78, 5) is 17.3. The SMILES string of the molecule is O=C1CC(Cl)CN1Cc1ccc(Br)nc1. The Kier molecular flexibility index (Phi) is 3.26. The zero-order valence-electron chi connectivity index (χ0n) is 7.99. The Morgan fingerprint density at radius 2 is 2.40 bits per heavy atom. The summed E-state index contributed by atoms with van der Waals surface area (Å²) in [5.41, 5.74) is 1.03. The Hall–Kier alpha value is -0.610. The van der Waals surface area contributed by atoms with Gasteiger partial charge in [0.15, 0.2) is 0 Å².